The lowest BCUT2D eigenvalue weighted by molar-refractivity contribution is -0.123. The van der Waals surface area contributed by atoms with Gasteiger partial charge >= 0.3 is 0 Å². The molecule has 1 aliphatic heterocycles. The van der Waals surface area contributed by atoms with E-state index in [0.29, 0.717) is 45.8 Å². The van der Waals surface area contributed by atoms with Crippen LogP contribution in [-0.4, -0.2) is 42.6 Å². The maximum absolute atomic E-state index is 14.1. The third-order valence-electron chi connectivity index (χ3n) is 9.57. The van der Waals surface area contributed by atoms with Crippen molar-refractivity contribution in [2.75, 3.05) is 23.9 Å². The molecule has 7 rings (SSSR count). The van der Waals surface area contributed by atoms with E-state index < -0.39 is 23.7 Å². The zero-order valence-corrected chi connectivity index (χ0v) is 25.7. The van der Waals surface area contributed by atoms with E-state index in [1.54, 1.807) is 55.5 Å². The molecule has 9 nitrogen and oxygen atoms in total. The number of fused-ring (bicyclic) bond motifs is 3. The van der Waals surface area contributed by atoms with Gasteiger partial charge in [0.15, 0.2) is 11.6 Å². The van der Waals surface area contributed by atoms with E-state index in [-0.39, 0.29) is 35.6 Å². The normalized spacial score (nSPS) is 24.1. The van der Waals surface area contributed by atoms with Crippen molar-refractivity contribution >= 4 is 46.1 Å². The Morgan fingerprint density at radius 2 is 1.48 bits per heavy atom. The Hall–Kier alpha value is -5.44. The number of anilines is 2. The third-order valence-corrected chi connectivity index (χ3v) is 9.57. The Bertz CT molecular complexity index is 1930. The number of rotatable bonds is 5. The molecule has 1 fully saturated rings. The number of azo groups is 1. The van der Waals surface area contributed by atoms with Crippen LogP contribution in [0.2, 0.25) is 0 Å². The summed E-state index contributed by atoms with van der Waals surface area (Å²) in [4.78, 5) is 58.0. The second kappa shape index (κ2) is 11.2. The fourth-order valence-corrected chi connectivity index (χ4v) is 7.30. The van der Waals surface area contributed by atoms with Crippen LogP contribution in [0.3, 0.4) is 0 Å². The minimum Gasteiger partial charge on any atom is -0.508 e. The van der Waals surface area contributed by atoms with Crippen LogP contribution in [0.15, 0.2) is 117 Å². The van der Waals surface area contributed by atoms with E-state index in [2.05, 4.69) is 10.2 Å². The van der Waals surface area contributed by atoms with E-state index in [9.17, 15) is 24.3 Å². The molecule has 46 heavy (non-hydrogen) atoms. The molecule has 1 N–H and O–H groups in total. The molecule has 1 heterocycles. The fraction of sp³-hybridized carbons (Fsp3) is 0.243. The molecule has 3 aromatic carbocycles. The Labute approximate surface area is 266 Å². The molecular weight excluding hydrogens is 580 g/mol. The first-order valence-corrected chi connectivity index (χ1v) is 15.3. The van der Waals surface area contributed by atoms with Gasteiger partial charge in [0.25, 0.3) is 0 Å². The topological polar surface area (TPSA) is 120 Å². The van der Waals surface area contributed by atoms with Gasteiger partial charge in [0.05, 0.1) is 28.9 Å². The van der Waals surface area contributed by atoms with Crippen molar-refractivity contribution in [1.82, 2.24) is 0 Å². The van der Waals surface area contributed by atoms with Gasteiger partial charge in [-0.05, 0) is 86.4 Å². The molecule has 9 heteroatoms. The molecule has 0 aromatic heterocycles. The Morgan fingerprint density at radius 3 is 2.13 bits per heavy atom. The highest BCUT2D eigenvalue weighted by molar-refractivity contribution is 6.25. The lowest BCUT2D eigenvalue weighted by Gasteiger charge is -2.42. The first-order valence-electron chi connectivity index (χ1n) is 15.3. The summed E-state index contributed by atoms with van der Waals surface area (Å²) in [5, 5.41) is 19.5. The number of allylic oxidation sites excluding steroid dienone is 6. The highest BCUT2D eigenvalue weighted by Gasteiger charge is 2.56. The van der Waals surface area contributed by atoms with Crippen LogP contribution in [0.4, 0.5) is 22.7 Å². The first kappa shape index (κ1) is 29.3. The number of imide groups is 1. The van der Waals surface area contributed by atoms with Crippen molar-refractivity contribution in [3.8, 4) is 5.75 Å². The largest absolute Gasteiger partial charge is 0.508 e. The van der Waals surface area contributed by atoms with Crippen LogP contribution in [0, 0.1) is 17.8 Å². The standard InChI is InChI=1S/C37H32N4O5/c1-20-18-31(43)29-19-28-25(32(34(29)35(20)44)26-6-4-5-7-30(26)42)16-17-27-33(28)37(46)41(36(27)45)24-14-10-22(11-15-24)39-38-21-8-12-23(13-9-21)40(2)3/h4-16,18,27-28,32-33,42H,17,19H2,1-3H3. The lowest BCUT2D eigenvalue weighted by Crippen LogP contribution is -2.39. The summed E-state index contributed by atoms with van der Waals surface area (Å²) in [7, 11) is 3.93. The van der Waals surface area contributed by atoms with Gasteiger partial charge in [0.1, 0.15) is 5.75 Å². The van der Waals surface area contributed by atoms with Gasteiger partial charge in [-0.15, -0.1) is 0 Å². The summed E-state index contributed by atoms with van der Waals surface area (Å²) in [5.74, 6) is -3.56. The van der Waals surface area contributed by atoms with Gasteiger partial charge in [-0.25, -0.2) is 0 Å². The van der Waals surface area contributed by atoms with Crippen molar-refractivity contribution in [2.45, 2.75) is 25.7 Å². The lowest BCUT2D eigenvalue weighted by atomic mass is 9.59. The molecule has 0 radical (unpaired) electrons. The van der Waals surface area contributed by atoms with Crippen LogP contribution in [0.1, 0.15) is 31.2 Å². The van der Waals surface area contributed by atoms with Crippen molar-refractivity contribution < 1.29 is 24.3 Å². The molecule has 0 saturated carbocycles. The molecule has 3 aromatic rings. The quantitative estimate of drug-likeness (QED) is 0.152. The minimum atomic E-state index is -0.700. The molecule has 2 amide bonds. The van der Waals surface area contributed by atoms with Crippen molar-refractivity contribution in [2.24, 2.45) is 28.0 Å². The van der Waals surface area contributed by atoms with Crippen LogP contribution >= 0.6 is 0 Å². The number of carbonyl (C=O) groups excluding carboxylic acids is 4. The molecule has 4 aliphatic rings. The van der Waals surface area contributed by atoms with Gasteiger partial charge in [0.2, 0.25) is 11.8 Å². The third kappa shape index (κ3) is 4.70. The molecular formula is C37H32N4O5. The number of carbonyl (C=O) groups is 4. The Balaban J connectivity index is 1.19. The second-order valence-corrected chi connectivity index (χ2v) is 12.4. The number of benzene rings is 3. The maximum Gasteiger partial charge on any atom is 0.238 e. The number of ketones is 2. The molecule has 3 aliphatic carbocycles. The number of nitrogens with zero attached hydrogens (tertiary/aromatic N) is 4. The summed E-state index contributed by atoms with van der Waals surface area (Å²) in [6.07, 6.45) is 3.80. The number of phenols is 1. The van der Waals surface area contributed by atoms with Gasteiger partial charge in [-0.1, -0.05) is 29.8 Å². The molecule has 0 spiro atoms. The first-order chi connectivity index (χ1) is 22.1. The Kier molecular flexibility index (Phi) is 7.11. The average Bonchev–Trinajstić information content (AvgIpc) is 3.31. The van der Waals surface area contributed by atoms with E-state index in [4.69, 9.17) is 0 Å². The number of hydrogen-bond acceptors (Lipinski definition) is 8. The molecule has 230 valence electrons. The number of aromatic hydroxyl groups is 1. The van der Waals surface area contributed by atoms with Gasteiger partial charge in [-0.3, -0.25) is 24.1 Å². The van der Waals surface area contributed by atoms with Crippen LogP contribution < -0.4 is 9.80 Å². The van der Waals surface area contributed by atoms with E-state index in [1.165, 1.54) is 11.0 Å². The van der Waals surface area contributed by atoms with Crippen molar-refractivity contribution in [3.63, 3.8) is 0 Å². The molecule has 1 saturated heterocycles. The van der Waals surface area contributed by atoms with Crippen molar-refractivity contribution in [1.29, 1.82) is 0 Å². The molecule has 4 unspecified atom stereocenters. The van der Waals surface area contributed by atoms with Gasteiger partial charge in [-0.2, -0.15) is 10.2 Å². The maximum atomic E-state index is 14.1. The van der Waals surface area contributed by atoms with Gasteiger partial charge in [0, 0.05) is 48.0 Å². The number of hydrogen-bond donors (Lipinski definition) is 1. The van der Waals surface area contributed by atoms with Crippen LogP contribution in [-0.2, 0) is 19.2 Å². The average molecular weight is 613 g/mol. The zero-order valence-electron chi connectivity index (χ0n) is 25.7. The number of para-hydroxylation sites is 1. The summed E-state index contributed by atoms with van der Waals surface area (Å²) < 4.78 is 0. The van der Waals surface area contributed by atoms with E-state index >= 15 is 0 Å². The SMILES string of the molecule is CC1=CC(=O)C2=C(C1=O)C(c1ccccc1O)C1=CCC3C(=O)N(c4ccc(N=Nc5ccc(N(C)C)cc5)cc4)C(=O)C3C1C2. The highest BCUT2D eigenvalue weighted by Crippen LogP contribution is 2.56. The van der Waals surface area contributed by atoms with E-state index in [0.717, 1.165) is 11.3 Å². The summed E-state index contributed by atoms with van der Waals surface area (Å²) in [6, 6.07) is 21.2. The summed E-state index contributed by atoms with van der Waals surface area (Å²) >= 11 is 0. The van der Waals surface area contributed by atoms with Crippen LogP contribution in [0.5, 0.6) is 5.75 Å². The monoisotopic (exact) mass is 612 g/mol. The molecule has 4 atom stereocenters. The van der Waals surface area contributed by atoms with Crippen molar-refractivity contribution in [3.05, 3.63) is 113 Å². The van der Waals surface area contributed by atoms with E-state index in [1.807, 2.05) is 49.3 Å². The zero-order chi connectivity index (χ0) is 32.3. The predicted octanol–water partition coefficient (Wildman–Crippen LogP) is 6.51. The minimum absolute atomic E-state index is 0.00810. The number of phenolic OH excluding ortho intramolecular Hbond substituents is 1. The summed E-state index contributed by atoms with van der Waals surface area (Å²) in [6.45, 7) is 1.62. The van der Waals surface area contributed by atoms with Gasteiger partial charge < -0.3 is 10.0 Å². The number of Topliss-reactive ketones (excluding diaryl/α,β-unsaturated/α-hetero) is 1. The summed E-state index contributed by atoms with van der Waals surface area (Å²) in [5.41, 5.74) is 5.13. The number of amides is 2. The predicted molar refractivity (Wildman–Crippen MR) is 173 cm³/mol. The molecule has 0 bridgehead atoms. The smallest absolute Gasteiger partial charge is 0.238 e. The Morgan fingerprint density at radius 1 is 0.826 bits per heavy atom. The second-order valence-electron chi connectivity index (χ2n) is 12.4. The van der Waals surface area contributed by atoms with Crippen LogP contribution in [0.25, 0.3) is 0 Å². The fourth-order valence-electron chi connectivity index (χ4n) is 7.30. The highest BCUT2D eigenvalue weighted by atomic mass is 16.3.